The van der Waals surface area contributed by atoms with Gasteiger partial charge in [0.25, 0.3) is 0 Å². The van der Waals surface area contributed by atoms with Crippen molar-refractivity contribution in [2.75, 3.05) is 26.2 Å². The first-order chi connectivity index (χ1) is 9.44. The van der Waals surface area contributed by atoms with E-state index in [0.717, 1.165) is 51.3 Å². The SMILES string of the molecule is CCNC(=NCC1(O)CCCCC1)N1CCC(C)(C)C1. The summed E-state index contributed by atoms with van der Waals surface area (Å²) in [5.41, 5.74) is -0.188. The summed E-state index contributed by atoms with van der Waals surface area (Å²) in [7, 11) is 0. The van der Waals surface area contributed by atoms with Crippen molar-refractivity contribution in [3.05, 3.63) is 0 Å². The Hall–Kier alpha value is -0.770. The van der Waals surface area contributed by atoms with Gasteiger partial charge in [-0.2, -0.15) is 0 Å². The van der Waals surface area contributed by atoms with Crippen LogP contribution in [0.5, 0.6) is 0 Å². The second kappa shape index (κ2) is 6.33. The van der Waals surface area contributed by atoms with Crippen LogP contribution in [0, 0.1) is 5.41 Å². The number of nitrogens with zero attached hydrogens (tertiary/aromatic N) is 2. The molecule has 0 aromatic rings. The van der Waals surface area contributed by atoms with E-state index >= 15 is 0 Å². The zero-order valence-electron chi connectivity index (χ0n) is 13.4. The third-order valence-electron chi connectivity index (χ3n) is 4.62. The minimum absolute atomic E-state index is 0.373. The number of likely N-dealkylation sites (tertiary alicyclic amines) is 1. The van der Waals surface area contributed by atoms with E-state index in [9.17, 15) is 5.11 Å². The van der Waals surface area contributed by atoms with Gasteiger partial charge in [0.15, 0.2) is 5.96 Å². The molecule has 1 saturated heterocycles. The lowest BCUT2D eigenvalue weighted by molar-refractivity contribution is 0.0130. The van der Waals surface area contributed by atoms with Crippen LogP contribution < -0.4 is 5.32 Å². The average Bonchev–Trinajstić information content (AvgIpc) is 2.76. The predicted molar refractivity (Wildman–Crippen MR) is 84.0 cm³/mol. The molecule has 2 fully saturated rings. The fraction of sp³-hybridized carbons (Fsp3) is 0.938. The molecule has 2 rings (SSSR count). The molecule has 0 atom stereocenters. The Morgan fingerprint density at radius 1 is 1.20 bits per heavy atom. The average molecular weight is 281 g/mol. The van der Waals surface area contributed by atoms with E-state index in [4.69, 9.17) is 4.99 Å². The standard InChI is InChI=1S/C16H31N3O/c1-4-17-14(19-11-10-15(2,3)13-19)18-12-16(20)8-6-5-7-9-16/h20H,4-13H2,1-3H3,(H,17,18). The first-order valence-corrected chi connectivity index (χ1v) is 8.20. The van der Waals surface area contributed by atoms with Crippen molar-refractivity contribution in [1.82, 2.24) is 10.2 Å². The van der Waals surface area contributed by atoms with Crippen molar-refractivity contribution < 1.29 is 5.11 Å². The van der Waals surface area contributed by atoms with E-state index in [2.05, 4.69) is 31.0 Å². The summed E-state index contributed by atoms with van der Waals surface area (Å²) in [4.78, 5) is 7.08. The maximum absolute atomic E-state index is 10.6. The van der Waals surface area contributed by atoms with E-state index in [1.165, 1.54) is 12.8 Å². The van der Waals surface area contributed by atoms with Crippen LogP contribution >= 0.6 is 0 Å². The van der Waals surface area contributed by atoms with Crippen molar-refractivity contribution >= 4 is 5.96 Å². The fourth-order valence-corrected chi connectivity index (χ4v) is 3.31. The zero-order valence-corrected chi connectivity index (χ0v) is 13.4. The summed E-state index contributed by atoms with van der Waals surface area (Å²) >= 11 is 0. The van der Waals surface area contributed by atoms with Gasteiger partial charge in [0.05, 0.1) is 12.1 Å². The smallest absolute Gasteiger partial charge is 0.194 e. The molecule has 0 unspecified atom stereocenters. The van der Waals surface area contributed by atoms with Gasteiger partial charge in [0.2, 0.25) is 0 Å². The summed E-state index contributed by atoms with van der Waals surface area (Å²) < 4.78 is 0. The van der Waals surface area contributed by atoms with Gasteiger partial charge in [0.1, 0.15) is 0 Å². The number of aliphatic hydroxyl groups is 1. The van der Waals surface area contributed by atoms with Crippen LogP contribution in [0.4, 0.5) is 0 Å². The molecule has 2 aliphatic rings. The summed E-state index contributed by atoms with van der Waals surface area (Å²) in [6, 6.07) is 0. The molecule has 0 radical (unpaired) electrons. The van der Waals surface area contributed by atoms with Gasteiger partial charge in [-0.3, -0.25) is 4.99 Å². The van der Waals surface area contributed by atoms with Gasteiger partial charge < -0.3 is 15.3 Å². The highest BCUT2D eigenvalue weighted by molar-refractivity contribution is 5.80. The van der Waals surface area contributed by atoms with Crippen LogP contribution in [0.15, 0.2) is 4.99 Å². The monoisotopic (exact) mass is 281 g/mol. The van der Waals surface area contributed by atoms with Crippen LogP contribution in [-0.2, 0) is 0 Å². The van der Waals surface area contributed by atoms with Crippen LogP contribution in [0.25, 0.3) is 0 Å². The Bertz CT molecular complexity index is 346. The largest absolute Gasteiger partial charge is 0.388 e. The summed E-state index contributed by atoms with van der Waals surface area (Å²) in [6.07, 6.45) is 6.55. The van der Waals surface area contributed by atoms with Crippen LogP contribution in [0.1, 0.15) is 59.3 Å². The Balaban J connectivity index is 1.98. The Kier molecular flexibility index (Phi) is 4.95. The molecular formula is C16H31N3O. The Morgan fingerprint density at radius 2 is 1.90 bits per heavy atom. The van der Waals surface area contributed by atoms with Gasteiger partial charge in [-0.25, -0.2) is 0 Å². The lowest BCUT2D eigenvalue weighted by Gasteiger charge is -2.31. The maximum atomic E-state index is 10.6. The van der Waals surface area contributed by atoms with Gasteiger partial charge in [-0.05, 0) is 31.6 Å². The van der Waals surface area contributed by atoms with Crippen LogP contribution in [-0.4, -0.2) is 47.7 Å². The number of hydrogen-bond donors (Lipinski definition) is 2. The second-order valence-corrected chi connectivity index (χ2v) is 7.29. The molecule has 0 aromatic carbocycles. The highest BCUT2D eigenvalue weighted by Crippen LogP contribution is 2.30. The fourth-order valence-electron chi connectivity index (χ4n) is 3.31. The van der Waals surface area contributed by atoms with Gasteiger partial charge in [0, 0.05) is 19.6 Å². The number of rotatable bonds is 3. The Morgan fingerprint density at radius 3 is 2.45 bits per heavy atom. The van der Waals surface area contributed by atoms with E-state index < -0.39 is 5.60 Å². The normalized spacial score (nSPS) is 25.8. The van der Waals surface area contributed by atoms with Gasteiger partial charge in [-0.1, -0.05) is 33.1 Å². The van der Waals surface area contributed by atoms with Crippen molar-refractivity contribution in [3.63, 3.8) is 0 Å². The van der Waals surface area contributed by atoms with E-state index in [1.807, 2.05) is 0 Å². The lowest BCUT2D eigenvalue weighted by atomic mass is 9.85. The van der Waals surface area contributed by atoms with E-state index in [-0.39, 0.29) is 0 Å². The minimum atomic E-state index is -0.561. The molecule has 4 heteroatoms. The molecule has 116 valence electrons. The van der Waals surface area contributed by atoms with Crippen LogP contribution in [0.2, 0.25) is 0 Å². The number of aliphatic imine (C=N–C) groups is 1. The van der Waals surface area contributed by atoms with E-state index in [0.29, 0.717) is 12.0 Å². The molecule has 0 bridgehead atoms. The quantitative estimate of drug-likeness (QED) is 0.617. The molecule has 20 heavy (non-hydrogen) atoms. The maximum Gasteiger partial charge on any atom is 0.194 e. The summed E-state index contributed by atoms with van der Waals surface area (Å²) in [5, 5.41) is 14.0. The third-order valence-corrected chi connectivity index (χ3v) is 4.62. The predicted octanol–water partition coefficient (Wildman–Crippen LogP) is 2.38. The zero-order chi connectivity index (χ0) is 14.6. The molecule has 0 aromatic heterocycles. The first kappa shape index (κ1) is 15.6. The molecule has 1 aliphatic carbocycles. The number of guanidine groups is 1. The topological polar surface area (TPSA) is 47.9 Å². The molecule has 4 nitrogen and oxygen atoms in total. The van der Waals surface area contributed by atoms with Gasteiger partial charge in [-0.15, -0.1) is 0 Å². The highest BCUT2D eigenvalue weighted by atomic mass is 16.3. The molecule has 0 amide bonds. The third kappa shape index (κ3) is 4.11. The summed E-state index contributed by atoms with van der Waals surface area (Å²) in [6.45, 7) is 10.3. The number of hydrogen-bond acceptors (Lipinski definition) is 2. The highest BCUT2D eigenvalue weighted by Gasteiger charge is 2.32. The molecule has 1 heterocycles. The van der Waals surface area contributed by atoms with Crippen molar-refractivity contribution in [1.29, 1.82) is 0 Å². The number of nitrogens with one attached hydrogen (secondary N) is 1. The Labute approximate surface area is 123 Å². The molecule has 2 N–H and O–H groups in total. The van der Waals surface area contributed by atoms with Crippen molar-refractivity contribution in [2.24, 2.45) is 10.4 Å². The van der Waals surface area contributed by atoms with Crippen molar-refractivity contribution in [2.45, 2.75) is 64.9 Å². The first-order valence-electron chi connectivity index (χ1n) is 8.20. The summed E-state index contributed by atoms with van der Waals surface area (Å²) in [5.74, 6) is 0.983. The van der Waals surface area contributed by atoms with Crippen LogP contribution in [0.3, 0.4) is 0 Å². The minimum Gasteiger partial charge on any atom is -0.388 e. The molecule has 0 spiro atoms. The van der Waals surface area contributed by atoms with Crippen molar-refractivity contribution in [3.8, 4) is 0 Å². The van der Waals surface area contributed by atoms with E-state index in [1.54, 1.807) is 0 Å². The molecule has 1 aliphatic heterocycles. The van der Waals surface area contributed by atoms with Gasteiger partial charge >= 0.3 is 0 Å². The molecule has 1 saturated carbocycles. The molecular weight excluding hydrogens is 250 g/mol. The lowest BCUT2D eigenvalue weighted by Crippen LogP contribution is -2.43. The second-order valence-electron chi connectivity index (χ2n) is 7.29.